The summed E-state index contributed by atoms with van der Waals surface area (Å²) in [4.78, 5) is 47.0. The van der Waals surface area contributed by atoms with Gasteiger partial charge in [-0.2, -0.15) is 18.2 Å². The highest BCUT2D eigenvalue weighted by Gasteiger charge is 2.37. The van der Waals surface area contributed by atoms with Crippen LogP contribution in [-0.2, 0) is 23.9 Å². The van der Waals surface area contributed by atoms with Crippen LogP contribution >= 0.6 is 63.0 Å². The number of carbonyl (C=O) groups is 4. The maximum absolute atomic E-state index is 12.0. The number of nitrogens with zero attached hydrogens (tertiary/aromatic N) is 1. The third-order valence-corrected chi connectivity index (χ3v) is 11.5. The molecule has 0 radical (unpaired) electrons. The second-order valence-electron chi connectivity index (χ2n) is 11.2. The van der Waals surface area contributed by atoms with Crippen molar-refractivity contribution in [2.24, 2.45) is 29.0 Å². The van der Waals surface area contributed by atoms with Gasteiger partial charge in [0.15, 0.2) is 0 Å². The highest BCUT2D eigenvalue weighted by atomic mass is 127. The molecule has 6 N–H and O–H groups in total. The summed E-state index contributed by atoms with van der Waals surface area (Å²) in [5.41, 5.74) is 16.9. The largest absolute Gasteiger partial charge is 0.393 e. The fourth-order valence-electron chi connectivity index (χ4n) is 4.09. The van der Waals surface area contributed by atoms with Crippen LogP contribution in [0.1, 0.15) is 67.2 Å². The zero-order chi connectivity index (χ0) is 30.7. The van der Waals surface area contributed by atoms with Crippen molar-refractivity contribution in [1.82, 2.24) is 4.90 Å². The van der Waals surface area contributed by atoms with Crippen molar-refractivity contribution in [1.29, 1.82) is 0 Å². The molecule has 2 rings (SSSR count). The molecular weight excluding hydrogens is 762 g/mol. The molecule has 2 aliphatic rings. The van der Waals surface area contributed by atoms with Crippen LogP contribution in [0.4, 0.5) is 0 Å². The Morgan fingerprint density at radius 1 is 0.923 bits per heavy atom. The van der Waals surface area contributed by atoms with Gasteiger partial charge in [-0.15, -0.1) is 44.7 Å². The summed E-state index contributed by atoms with van der Waals surface area (Å²) in [6.07, 6.45) is 6.06. The van der Waals surface area contributed by atoms with Crippen LogP contribution in [-0.4, -0.2) is 50.6 Å². The quantitative estimate of drug-likeness (QED) is 0.0461. The number of halogens is 2. The first-order chi connectivity index (χ1) is 17.8. The summed E-state index contributed by atoms with van der Waals surface area (Å²) in [6.45, 7) is 13.0. The molecule has 0 aliphatic carbocycles. The fraction of sp³-hybridized carbons (Fsp3) is 0.667. The number of ether oxygens (including phenoxy) is 1. The first kappa shape index (κ1) is 39.1. The Kier molecular flexibility index (Phi) is 18.0. The fourth-order valence-corrected chi connectivity index (χ4v) is 4.76. The first-order valence-corrected chi connectivity index (χ1v) is 16.5. The molecule has 2 heterocycles. The Balaban J connectivity index is 0.000000676. The van der Waals surface area contributed by atoms with Gasteiger partial charge in [0.25, 0.3) is 0 Å². The molecule has 2 fully saturated rings. The van der Waals surface area contributed by atoms with E-state index in [4.69, 9.17) is 5.73 Å². The second-order valence-corrected chi connectivity index (χ2v) is 17.9. The van der Waals surface area contributed by atoms with Crippen LogP contribution in [0.15, 0.2) is 23.3 Å². The standard InChI is InChI=1S/C12H21BIN2O2P.C11H17BIO3P.CH6N2/c1-8(6-12(2,3)13(14)19)4-9-5-10(17)16(7-15)11(9)18;1-7(6-11(2,3)12(13)17)4-8-5-9(14)16-10(8)15;2-1-3/h4,9H,5-7,15,19H2,1-3H3;4,8H,5-6,17H2,1-3H3;1-3H2/b8-4+;7-4+;. The minimum Gasteiger partial charge on any atom is -0.393 e. The number of hydrogen-bond donors (Lipinski definition) is 3. The van der Waals surface area contributed by atoms with E-state index in [1.807, 2.05) is 26.0 Å². The lowest BCUT2D eigenvalue weighted by molar-refractivity contribution is -0.152. The van der Waals surface area contributed by atoms with Gasteiger partial charge in [0.1, 0.15) is 0 Å². The lowest BCUT2D eigenvalue weighted by atomic mass is 9.67. The summed E-state index contributed by atoms with van der Waals surface area (Å²) < 4.78 is 5.44. The number of nitrogens with two attached hydrogens (primary N) is 3. The molecule has 9 nitrogen and oxygen atoms in total. The average molecular weight is 806 g/mol. The van der Waals surface area contributed by atoms with Crippen molar-refractivity contribution in [3.63, 3.8) is 0 Å². The van der Waals surface area contributed by atoms with Crippen LogP contribution in [0.25, 0.3) is 0 Å². The second kappa shape index (κ2) is 17.9. The number of rotatable bonds is 9. The van der Waals surface area contributed by atoms with Gasteiger partial charge in [0, 0.05) is 13.1 Å². The summed E-state index contributed by atoms with van der Waals surface area (Å²) in [5.74, 6) is -1.87. The number of cyclic esters (lactones) is 2. The van der Waals surface area contributed by atoms with E-state index in [1.165, 1.54) is 0 Å². The zero-order valence-electron chi connectivity index (χ0n) is 23.8. The maximum Gasteiger partial charge on any atom is 0.321 e. The summed E-state index contributed by atoms with van der Waals surface area (Å²) in [5, 5.41) is 0.295. The molecule has 2 saturated heterocycles. The molecule has 4 unspecified atom stereocenters. The highest BCUT2D eigenvalue weighted by Crippen LogP contribution is 2.42. The highest BCUT2D eigenvalue weighted by molar-refractivity contribution is 14.1. The van der Waals surface area contributed by atoms with Gasteiger partial charge in [0.05, 0.1) is 24.9 Å². The normalized spacial score (nSPS) is 20.3. The number of likely N-dealkylation sites (tertiary alicyclic amines) is 1. The van der Waals surface area contributed by atoms with E-state index in [2.05, 4.69) is 107 Å². The number of carbonyl (C=O) groups excluding carboxylic acids is 4. The van der Waals surface area contributed by atoms with Gasteiger partial charge in [-0.1, -0.05) is 51.0 Å². The van der Waals surface area contributed by atoms with E-state index >= 15 is 0 Å². The minimum absolute atomic E-state index is 0.0199. The van der Waals surface area contributed by atoms with Gasteiger partial charge in [0.2, 0.25) is 20.4 Å². The Morgan fingerprint density at radius 3 is 1.64 bits per heavy atom. The lowest BCUT2D eigenvalue weighted by Gasteiger charge is -2.26. The molecule has 15 heteroatoms. The monoisotopic (exact) mass is 806 g/mol. The van der Waals surface area contributed by atoms with E-state index in [1.54, 1.807) is 0 Å². The number of hydrogen-bond acceptors (Lipinski definition) is 8. The van der Waals surface area contributed by atoms with E-state index in [0.717, 1.165) is 28.9 Å². The smallest absolute Gasteiger partial charge is 0.321 e. The van der Waals surface area contributed by atoms with E-state index in [0.29, 0.717) is 8.58 Å². The molecule has 220 valence electrons. The Labute approximate surface area is 266 Å². The SMILES string of the molecule is C/C(=C\C1CC(=O)N(CN)C1=O)CC(C)(C)B(P)I.C/C(=C\C1CC(=O)OC1=O)CC(C)(C)B(P)I.NCN. The van der Waals surface area contributed by atoms with Crippen LogP contribution < -0.4 is 17.2 Å². The molecule has 2 aliphatic heterocycles. The summed E-state index contributed by atoms with van der Waals surface area (Å²) in [7, 11) is 5.61. The summed E-state index contributed by atoms with van der Waals surface area (Å²) >= 11 is 4.77. The average Bonchev–Trinajstić information content (AvgIpc) is 3.23. The van der Waals surface area contributed by atoms with Gasteiger partial charge >= 0.3 is 11.9 Å². The molecule has 0 aromatic rings. The van der Waals surface area contributed by atoms with Crippen LogP contribution in [0.3, 0.4) is 0 Å². The van der Waals surface area contributed by atoms with E-state index < -0.39 is 11.9 Å². The zero-order valence-corrected chi connectivity index (χ0v) is 30.5. The predicted molar refractivity (Wildman–Crippen MR) is 185 cm³/mol. The lowest BCUT2D eigenvalue weighted by Crippen LogP contribution is -2.35. The molecule has 2 amide bonds. The Hall–Kier alpha value is 0.0899. The predicted octanol–water partition coefficient (Wildman–Crippen LogP) is 4.04. The minimum atomic E-state index is -0.416. The van der Waals surface area contributed by atoms with Crippen LogP contribution in [0, 0.1) is 11.8 Å². The molecule has 0 bridgehead atoms. The molecular formula is C24H44B2I2N4O5P2. The molecule has 39 heavy (non-hydrogen) atoms. The topological polar surface area (TPSA) is 159 Å². The van der Waals surface area contributed by atoms with E-state index in [9.17, 15) is 19.2 Å². The van der Waals surface area contributed by atoms with Crippen molar-refractivity contribution in [3.05, 3.63) is 23.3 Å². The third kappa shape index (κ3) is 13.7. The molecule has 0 saturated carbocycles. The van der Waals surface area contributed by atoms with Gasteiger partial charge in [-0.05, 0) is 37.3 Å². The first-order valence-electron chi connectivity index (χ1n) is 12.7. The molecule has 4 atom stereocenters. The van der Waals surface area contributed by atoms with Crippen molar-refractivity contribution >= 4 is 95.3 Å². The number of amides is 2. The molecule has 0 spiro atoms. The number of allylic oxidation sites excluding steroid dienone is 2. The summed E-state index contributed by atoms with van der Waals surface area (Å²) in [6, 6.07) is 0. The third-order valence-electron chi connectivity index (χ3n) is 6.30. The van der Waals surface area contributed by atoms with E-state index in [-0.39, 0.29) is 60.5 Å². The molecule has 0 aromatic carbocycles. The van der Waals surface area contributed by atoms with Gasteiger partial charge in [-0.3, -0.25) is 24.1 Å². The maximum atomic E-state index is 12.0. The van der Waals surface area contributed by atoms with Gasteiger partial charge < -0.3 is 21.9 Å². The Morgan fingerprint density at radius 2 is 1.33 bits per heavy atom. The van der Waals surface area contributed by atoms with Crippen molar-refractivity contribution in [3.8, 4) is 0 Å². The molecule has 0 aromatic heterocycles. The van der Waals surface area contributed by atoms with Crippen LogP contribution in [0.2, 0.25) is 10.6 Å². The number of imide groups is 1. The van der Waals surface area contributed by atoms with Gasteiger partial charge in [-0.25, -0.2) is 0 Å². The number of esters is 2. The van der Waals surface area contributed by atoms with Crippen molar-refractivity contribution in [2.45, 2.75) is 77.9 Å². The Bertz CT molecular complexity index is 949. The van der Waals surface area contributed by atoms with Crippen molar-refractivity contribution < 1.29 is 23.9 Å². The van der Waals surface area contributed by atoms with Crippen molar-refractivity contribution in [2.75, 3.05) is 13.3 Å². The van der Waals surface area contributed by atoms with Crippen LogP contribution in [0.5, 0.6) is 0 Å².